The molecular weight excluding hydrogens is 342 g/mol. The van der Waals surface area contributed by atoms with Gasteiger partial charge in [-0.3, -0.25) is 4.79 Å². The molecular formula is C17H14BrN3O. The minimum absolute atomic E-state index is 0.141. The third kappa shape index (κ3) is 3.43. The molecule has 4 nitrogen and oxygen atoms in total. The number of amides is 1. The highest BCUT2D eigenvalue weighted by Gasteiger charge is 2.07. The minimum atomic E-state index is -0.141. The summed E-state index contributed by atoms with van der Waals surface area (Å²) < 4.78 is 1.01. The van der Waals surface area contributed by atoms with Crippen LogP contribution in [-0.2, 0) is 11.2 Å². The number of H-pyrrole nitrogens is 1. The van der Waals surface area contributed by atoms with Gasteiger partial charge in [0.05, 0.1) is 12.6 Å². The van der Waals surface area contributed by atoms with Crippen LogP contribution < -0.4 is 5.43 Å². The lowest BCUT2D eigenvalue weighted by Gasteiger charge is -1.99. The van der Waals surface area contributed by atoms with E-state index in [-0.39, 0.29) is 5.91 Å². The van der Waals surface area contributed by atoms with Gasteiger partial charge in [0.1, 0.15) is 0 Å². The van der Waals surface area contributed by atoms with Crippen LogP contribution in [0.25, 0.3) is 10.9 Å². The molecule has 0 saturated carbocycles. The van der Waals surface area contributed by atoms with Gasteiger partial charge in [-0.2, -0.15) is 5.10 Å². The second-order valence-corrected chi connectivity index (χ2v) is 5.80. The fourth-order valence-electron chi connectivity index (χ4n) is 2.22. The standard InChI is InChI=1S/C17H14BrN3O/c18-14-7-5-12(6-8-14)10-20-21-17(22)9-13-11-19-16-4-2-1-3-15(13)16/h1-8,10-11,19H,9H2,(H,21,22)/b20-10-. The Bertz CT molecular complexity index is 821. The number of para-hydroxylation sites is 1. The average Bonchev–Trinajstić information content (AvgIpc) is 2.93. The monoisotopic (exact) mass is 355 g/mol. The first-order chi connectivity index (χ1) is 10.7. The van der Waals surface area contributed by atoms with Crippen LogP contribution in [-0.4, -0.2) is 17.1 Å². The summed E-state index contributed by atoms with van der Waals surface area (Å²) >= 11 is 3.37. The number of hydrogen-bond donors (Lipinski definition) is 2. The number of nitrogens with one attached hydrogen (secondary N) is 2. The van der Waals surface area contributed by atoms with E-state index in [9.17, 15) is 4.79 Å². The number of nitrogens with zero attached hydrogens (tertiary/aromatic N) is 1. The molecule has 0 aliphatic carbocycles. The van der Waals surface area contributed by atoms with E-state index < -0.39 is 0 Å². The molecule has 0 saturated heterocycles. The molecule has 2 N–H and O–H groups in total. The molecule has 0 fully saturated rings. The molecule has 1 amide bonds. The number of carbonyl (C=O) groups is 1. The van der Waals surface area contributed by atoms with Gasteiger partial charge in [0, 0.05) is 21.6 Å². The van der Waals surface area contributed by atoms with Gasteiger partial charge >= 0.3 is 0 Å². The van der Waals surface area contributed by atoms with E-state index in [4.69, 9.17) is 0 Å². The van der Waals surface area contributed by atoms with E-state index in [2.05, 4.69) is 31.4 Å². The second-order valence-electron chi connectivity index (χ2n) is 4.88. The van der Waals surface area contributed by atoms with Crippen molar-refractivity contribution in [2.75, 3.05) is 0 Å². The Labute approximate surface area is 136 Å². The van der Waals surface area contributed by atoms with Crippen molar-refractivity contribution >= 4 is 39.0 Å². The molecule has 0 aliphatic heterocycles. The molecule has 3 aromatic rings. The Morgan fingerprint density at radius 1 is 1.18 bits per heavy atom. The number of rotatable bonds is 4. The lowest BCUT2D eigenvalue weighted by Crippen LogP contribution is -2.19. The highest BCUT2D eigenvalue weighted by atomic mass is 79.9. The third-order valence-corrected chi connectivity index (χ3v) is 3.83. The molecule has 0 aliphatic rings. The maximum atomic E-state index is 12.0. The largest absolute Gasteiger partial charge is 0.361 e. The lowest BCUT2D eigenvalue weighted by molar-refractivity contribution is -0.120. The molecule has 110 valence electrons. The van der Waals surface area contributed by atoms with Gasteiger partial charge in [-0.05, 0) is 29.3 Å². The summed E-state index contributed by atoms with van der Waals surface area (Å²) in [6, 6.07) is 15.6. The number of hydrogen-bond acceptors (Lipinski definition) is 2. The van der Waals surface area contributed by atoms with E-state index in [0.29, 0.717) is 6.42 Å². The fraction of sp³-hybridized carbons (Fsp3) is 0.0588. The zero-order valence-electron chi connectivity index (χ0n) is 11.7. The predicted molar refractivity (Wildman–Crippen MR) is 91.9 cm³/mol. The Kier molecular flexibility index (Phi) is 4.34. The van der Waals surface area contributed by atoms with Crippen LogP contribution in [0.1, 0.15) is 11.1 Å². The SMILES string of the molecule is O=C(Cc1c[nH]c2ccccc12)N/N=C\c1ccc(Br)cc1. The number of fused-ring (bicyclic) bond motifs is 1. The zero-order chi connectivity index (χ0) is 15.4. The summed E-state index contributed by atoms with van der Waals surface area (Å²) in [4.78, 5) is 15.1. The first-order valence-electron chi connectivity index (χ1n) is 6.85. The van der Waals surface area contributed by atoms with Crippen LogP contribution in [0.5, 0.6) is 0 Å². The highest BCUT2D eigenvalue weighted by molar-refractivity contribution is 9.10. The number of aromatic amines is 1. The molecule has 1 aromatic heterocycles. The third-order valence-electron chi connectivity index (χ3n) is 3.30. The predicted octanol–water partition coefficient (Wildman–Crippen LogP) is 3.62. The number of carbonyl (C=O) groups excluding carboxylic acids is 1. The molecule has 0 unspecified atom stereocenters. The molecule has 5 heteroatoms. The molecule has 2 aromatic carbocycles. The van der Waals surface area contributed by atoms with Crippen molar-refractivity contribution in [2.45, 2.75) is 6.42 Å². The Hall–Kier alpha value is -2.40. The maximum absolute atomic E-state index is 12.0. The number of benzene rings is 2. The van der Waals surface area contributed by atoms with Crippen molar-refractivity contribution in [3.05, 3.63) is 70.3 Å². The summed E-state index contributed by atoms with van der Waals surface area (Å²) in [5.74, 6) is -0.141. The molecule has 0 radical (unpaired) electrons. The smallest absolute Gasteiger partial charge is 0.244 e. The van der Waals surface area contributed by atoms with Crippen LogP contribution in [0, 0.1) is 0 Å². The fourth-order valence-corrected chi connectivity index (χ4v) is 2.48. The van der Waals surface area contributed by atoms with Crippen molar-refractivity contribution in [1.82, 2.24) is 10.4 Å². The van der Waals surface area contributed by atoms with E-state index >= 15 is 0 Å². The summed E-state index contributed by atoms with van der Waals surface area (Å²) in [5.41, 5.74) is 5.48. The van der Waals surface area contributed by atoms with Crippen LogP contribution in [0.2, 0.25) is 0 Å². The summed E-state index contributed by atoms with van der Waals surface area (Å²) in [5, 5.41) is 5.05. The number of aromatic nitrogens is 1. The lowest BCUT2D eigenvalue weighted by atomic mass is 10.1. The van der Waals surface area contributed by atoms with Crippen molar-refractivity contribution in [3.63, 3.8) is 0 Å². The first-order valence-corrected chi connectivity index (χ1v) is 7.64. The van der Waals surface area contributed by atoms with Crippen molar-refractivity contribution in [2.24, 2.45) is 5.10 Å². The van der Waals surface area contributed by atoms with E-state index in [1.165, 1.54) is 0 Å². The topological polar surface area (TPSA) is 57.2 Å². The molecule has 22 heavy (non-hydrogen) atoms. The molecule has 3 rings (SSSR count). The first kappa shape index (κ1) is 14.5. The Morgan fingerprint density at radius 2 is 1.95 bits per heavy atom. The van der Waals surface area contributed by atoms with Crippen LogP contribution in [0.15, 0.2) is 64.3 Å². The number of hydrazone groups is 1. The maximum Gasteiger partial charge on any atom is 0.244 e. The van der Waals surface area contributed by atoms with E-state index in [1.54, 1.807) is 6.21 Å². The Morgan fingerprint density at radius 3 is 2.77 bits per heavy atom. The van der Waals surface area contributed by atoms with Gasteiger partial charge in [-0.25, -0.2) is 5.43 Å². The molecule has 0 bridgehead atoms. The quantitative estimate of drug-likeness (QED) is 0.544. The van der Waals surface area contributed by atoms with E-state index in [0.717, 1.165) is 26.5 Å². The summed E-state index contributed by atoms with van der Waals surface area (Å²) in [6.07, 6.45) is 3.78. The van der Waals surface area contributed by atoms with Gasteiger partial charge in [0.25, 0.3) is 0 Å². The van der Waals surface area contributed by atoms with Crippen LogP contribution in [0.4, 0.5) is 0 Å². The summed E-state index contributed by atoms with van der Waals surface area (Å²) in [6.45, 7) is 0. The average molecular weight is 356 g/mol. The van der Waals surface area contributed by atoms with Gasteiger partial charge in [0.15, 0.2) is 0 Å². The van der Waals surface area contributed by atoms with Crippen molar-refractivity contribution in [3.8, 4) is 0 Å². The van der Waals surface area contributed by atoms with Gasteiger partial charge in [-0.1, -0.05) is 46.3 Å². The van der Waals surface area contributed by atoms with Crippen LogP contribution >= 0.6 is 15.9 Å². The minimum Gasteiger partial charge on any atom is -0.361 e. The van der Waals surface area contributed by atoms with Crippen molar-refractivity contribution in [1.29, 1.82) is 0 Å². The van der Waals surface area contributed by atoms with Gasteiger partial charge in [0.2, 0.25) is 5.91 Å². The normalized spacial score (nSPS) is 11.1. The summed E-state index contributed by atoms with van der Waals surface area (Å²) in [7, 11) is 0. The highest BCUT2D eigenvalue weighted by Crippen LogP contribution is 2.17. The zero-order valence-corrected chi connectivity index (χ0v) is 13.3. The van der Waals surface area contributed by atoms with Gasteiger partial charge < -0.3 is 4.98 Å². The van der Waals surface area contributed by atoms with E-state index in [1.807, 2.05) is 54.7 Å². The molecule has 1 heterocycles. The number of halogens is 1. The van der Waals surface area contributed by atoms with Crippen molar-refractivity contribution < 1.29 is 4.79 Å². The molecule has 0 atom stereocenters. The van der Waals surface area contributed by atoms with Crippen LogP contribution in [0.3, 0.4) is 0 Å². The van der Waals surface area contributed by atoms with Gasteiger partial charge in [-0.15, -0.1) is 0 Å². The molecule has 0 spiro atoms. The second kappa shape index (κ2) is 6.58. The Balaban J connectivity index is 1.62.